The Balaban J connectivity index is 2.04. The summed E-state index contributed by atoms with van der Waals surface area (Å²) in [7, 11) is 0. The molecule has 1 atom stereocenters. The van der Waals surface area contributed by atoms with E-state index >= 15 is 0 Å². The van der Waals surface area contributed by atoms with Crippen LogP contribution in [-0.2, 0) is 4.79 Å². The van der Waals surface area contributed by atoms with Crippen molar-refractivity contribution in [3.8, 4) is 0 Å². The summed E-state index contributed by atoms with van der Waals surface area (Å²) in [5.74, 6) is 1.18. The van der Waals surface area contributed by atoms with Crippen LogP contribution in [0.15, 0.2) is 0 Å². The molecule has 1 amide bonds. The van der Waals surface area contributed by atoms with Crippen molar-refractivity contribution < 1.29 is 9.90 Å². The van der Waals surface area contributed by atoms with Crippen molar-refractivity contribution in [3.63, 3.8) is 0 Å². The lowest BCUT2D eigenvalue weighted by atomic mass is 9.83. The number of hydrogen-bond donors (Lipinski definition) is 2. The first kappa shape index (κ1) is 12.5. The van der Waals surface area contributed by atoms with Crippen molar-refractivity contribution >= 4 is 5.91 Å². The first-order chi connectivity index (χ1) is 7.08. The molecule has 0 saturated heterocycles. The number of aliphatic hydroxyl groups is 1. The van der Waals surface area contributed by atoms with Crippen LogP contribution in [0.5, 0.6) is 0 Å². The maximum atomic E-state index is 11.4. The van der Waals surface area contributed by atoms with Gasteiger partial charge in [-0.25, -0.2) is 0 Å². The van der Waals surface area contributed by atoms with Crippen molar-refractivity contribution in [3.05, 3.63) is 0 Å². The Kier molecular flexibility index (Phi) is 5.09. The lowest BCUT2D eigenvalue weighted by Crippen LogP contribution is -2.34. The Hall–Kier alpha value is -0.570. The first-order valence-corrected chi connectivity index (χ1v) is 6.02. The van der Waals surface area contributed by atoms with Gasteiger partial charge >= 0.3 is 0 Å². The molecule has 0 heterocycles. The van der Waals surface area contributed by atoms with Crippen LogP contribution in [0.2, 0.25) is 0 Å². The standard InChI is InChI=1S/C12H23NO2/c1-9(2)6-11(14)8-13-12(15)7-10-4-3-5-10/h9-11,14H,3-8H2,1-2H3,(H,13,15). The van der Waals surface area contributed by atoms with E-state index in [1.165, 1.54) is 19.3 Å². The third kappa shape index (κ3) is 5.17. The van der Waals surface area contributed by atoms with Crippen molar-refractivity contribution in [2.75, 3.05) is 6.54 Å². The molecule has 0 aliphatic heterocycles. The number of nitrogens with one attached hydrogen (secondary N) is 1. The molecular weight excluding hydrogens is 190 g/mol. The second-order valence-corrected chi connectivity index (χ2v) is 5.09. The molecule has 1 rings (SSSR count). The van der Waals surface area contributed by atoms with Gasteiger partial charge in [0.1, 0.15) is 0 Å². The molecular formula is C12H23NO2. The summed E-state index contributed by atoms with van der Waals surface area (Å²) >= 11 is 0. The van der Waals surface area contributed by atoms with E-state index in [2.05, 4.69) is 19.2 Å². The first-order valence-electron chi connectivity index (χ1n) is 6.02. The number of hydrogen-bond acceptors (Lipinski definition) is 2. The van der Waals surface area contributed by atoms with Gasteiger partial charge in [0, 0.05) is 13.0 Å². The average Bonchev–Trinajstić information content (AvgIpc) is 2.07. The van der Waals surface area contributed by atoms with Gasteiger partial charge in [0.2, 0.25) is 5.91 Å². The van der Waals surface area contributed by atoms with E-state index in [0.717, 1.165) is 6.42 Å². The molecule has 3 nitrogen and oxygen atoms in total. The lowest BCUT2D eigenvalue weighted by molar-refractivity contribution is -0.123. The fraction of sp³-hybridized carbons (Fsp3) is 0.917. The van der Waals surface area contributed by atoms with Crippen LogP contribution >= 0.6 is 0 Å². The number of carbonyl (C=O) groups is 1. The SMILES string of the molecule is CC(C)CC(O)CNC(=O)CC1CCC1. The highest BCUT2D eigenvalue weighted by atomic mass is 16.3. The molecule has 0 aromatic heterocycles. The normalized spacial score (nSPS) is 18.7. The van der Waals surface area contributed by atoms with Gasteiger partial charge in [-0.2, -0.15) is 0 Å². The second kappa shape index (κ2) is 6.11. The predicted octanol–water partition coefficient (Wildman–Crippen LogP) is 1.70. The molecule has 0 aromatic rings. The van der Waals surface area contributed by atoms with Gasteiger partial charge in [0.15, 0.2) is 0 Å². The van der Waals surface area contributed by atoms with Gasteiger partial charge in [0.25, 0.3) is 0 Å². The largest absolute Gasteiger partial charge is 0.391 e. The zero-order valence-corrected chi connectivity index (χ0v) is 9.83. The minimum absolute atomic E-state index is 0.0995. The minimum Gasteiger partial charge on any atom is -0.391 e. The van der Waals surface area contributed by atoms with Crippen LogP contribution < -0.4 is 5.32 Å². The smallest absolute Gasteiger partial charge is 0.220 e. The summed E-state index contributed by atoms with van der Waals surface area (Å²) in [5.41, 5.74) is 0. The number of rotatable bonds is 6. The van der Waals surface area contributed by atoms with Crippen LogP contribution in [0.25, 0.3) is 0 Å². The third-order valence-electron chi connectivity index (χ3n) is 2.98. The molecule has 1 saturated carbocycles. The number of carbonyl (C=O) groups excluding carboxylic acids is 1. The molecule has 88 valence electrons. The molecule has 0 aromatic carbocycles. The van der Waals surface area contributed by atoms with Gasteiger partial charge in [-0.3, -0.25) is 4.79 Å². The van der Waals surface area contributed by atoms with Gasteiger partial charge in [0.05, 0.1) is 6.10 Å². The summed E-state index contributed by atoms with van der Waals surface area (Å²) in [6.45, 7) is 4.54. The highest BCUT2D eigenvalue weighted by Crippen LogP contribution is 2.28. The Morgan fingerprint density at radius 3 is 2.60 bits per heavy atom. The van der Waals surface area contributed by atoms with E-state index in [1.807, 2.05) is 0 Å². The van der Waals surface area contributed by atoms with Crippen molar-refractivity contribution in [2.45, 2.75) is 52.1 Å². The monoisotopic (exact) mass is 213 g/mol. The molecule has 15 heavy (non-hydrogen) atoms. The summed E-state index contributed by atoms with van der Waals surface area (Å²) in [5, 5.41) is 12.4. The molecule has 1 unspecified atom stereocenters. The molecule has 3 heteroatoms. The maximum absolute atomic E-state index is 11.4. The predicted molar refractivity (Wildman–Crippen MR) is 60.4 cm³/mol. The summed E-state index contributed by atoms with van der Waals surface area (Å²) in [6, 6.07) is 0. The van der Waals surface area contributed by atoms with Gasteiger partial charge in [-0.1, -0.05) is 20.3 Å². The van der Waals surface area contributed by atoms with E-state index in [4.69, 9.17) is 0 Å². The van der Waals surface area contributed by atoms with Crippen LogP contribution in [0.1, 0.15) is 46.0 Å². The van der Waals surface area contributed by atoms with E-state index < -0.39 is 6.10 Å². The Morgan fingerprint density at radius 1 is 1.47 bits per heavy atom. The Bertz CT molecular complexity index is 200. The average molecular weight is 213 g/mol. The highest BCUT2D eigenvalue weighted by Gasteiger charge is 2.20. The highest BCUT2D eigenvalue weighted by molar-refractivity contribution is 5.76. The molecule has 0 radical (unpaired) electrons. The molecule has 2 N–H and O–H groups in total. The van der Waals surface area contributed by atoms with Crippen LogP contribution in [0, 0.1) is 11.8 Å². The summed E-state index contributed by atoms with van der Waals surface area (Å²) in [4.78, 5) is 11.4. The third-order valence-corrected chi connectivity index (χ3v) is 2.98. The zero-order chi connectivity index (χ0) is 11.3. The van der Waals surface area contributed by atoms with E-state index in [0.29, 0.717) is 24.8 Å². The lowest BCUT2D eigenvalue weighted by Gasteiger charge is -2.24. The minimum atomic E-state index is -0.393. The number of aliphatic hydroxyl groups excluding tert-OH is 1. The van der Waals surface area contributed by atoms with Crippen LogP contribution in [0.4, 0.5) is 0 Å². The summed E-state index contributed by atoms with van der Waals surface area (Å²) in [6.07, 6.45) is 4.67. The molecule has 1 aliphatic carbocycles. The van der Waals surface area contributed by atoms with E-state index in [1.54, 1.807) is 0 Å². The van der Waals surface area contributed by atoms with Crippen molar-refractivity contribution in [1.82, 2.24) is 5.32 Å². The molecule has 1 fully saturated rings. The molecule has 0 spiro atoms. The molecule has 0 bridgehead atoms. The number of amides is 1. The second-order valence-electron chi connectivity index (χ2n) is 5.09. The van der Waals surface area contributed by atoms with Gasteiger partial charge in [-0.05, 0) is 31.1 Å². The topological polar surface area (TPSA) is 49.3 Å². The zero-order valence-electron chi connectivity index (χ0n) is 9.83. The summed E-state index contributed by atoms with van der Waals surface area (Å²) < 4.78 is 0. The fourth-order valence-electron chi connectivity index (χ4n) is 1.89. The van der Waals surface area contributed by atoms with Gasteiger partial charge < -0.3 is 10.4 Å². The van der Waals surface area contributed by atoms with Gasteiger partial charge in [-0.15, -0.1) is 0 Å². The van der Waals surface area contributed by atoms with Crippen molar-refractivity contribution in [2.24, 2.45) is 11.8 Å². The Morgan fingerprint density at radius 2 is 2.13 bits per heavy atom. The van der Waals surface area contributed by atoms with Crippen LogP contribution in [-0.4, -0.2) is 23.7 Å². The van der Waals surface area contributed by atoms with Crippen LogP contribution in [0.3, 0.4) is 0 Å². The molecule has 1 aliphatic rings. The quantitative estimate of drug-likeness (QED) is 0.705. The van der Waals surface area contributed by atoms with E-state index in [-0.39, 0.29) is 5.91 Å². The van der Waals surface area contributed by atoms with Crippen molar-refractivity contribution in [1.29, 1.82) is 0 Å². The Labute approximate surface area is 92.3 Å². The fourth-order valence-corrected chi connectivity index (χ4v) is 1.89. The van der Waals surface area contributed by atoms with E-state index in [9.17, 15) is 9.90 Å². The maximum Gasteiger partial charge on any atom is 0.220 e.